The van der Waals surface area contributed by atoms with Crippen molar-refractivity contribution in [2.75, 3.05) is 11.5 Å². The third-order valence-electron chi connectivity index (χ3n) is 2.92. The van der Waals surface area contributed by atoms with Crippen LogP contribution in [-0.4, -0.2) is 42.9 Å². The van der Waals surface area contributed by atoms with Crippen LogP contribution in [0, 0.1) is 11.8 Å². The predicted molar refractivity (Wildman–Crippen MR) is 65.8 cm³/mol. The van der Waals surface area contributed by atoms with Crippen LogP contribution in [0.3, 0.4) is 0 Å². The number of carbonyl (C=O) groups excluding carboxylic acids is 1. The first-order valence-corrected chi connectivity index (χ1v) is 7.77. The van der Waals surface area contributed by atoms with Gasteiger partial charge in [-0.3, -0.25) is 4.79 Å². The molecule has 1 amide bonds. The molecule has 18 heavy (non-hydrogen) atoms. The number of hydrogen-bond acceptors (Lipinski definition) is 4. The van der Waals surface area contributed by atoms with Gasteiger partial charge in [-0.2, -0.15) is 0 Å². The molecule has 0 spiro atoms. The Morgan fingerprint density at radius 1 is 1.39 bits per heavy atom. The summed E-state index contributed by atoms with van der Waals surface area (Å²) >= 11 is 0. The van der Waals surface area contributed by atoms with Crippen LogP contribution in [0.2, 0.25) is 0 Å². The van der Waals surface area contributed by atoms with Gasteiger partial charge in [-0.05, 0) is 18.8 Å². The Balaban J connectivity index is 2.60. The third kappa shape index (κ3) is 4.29. The van der Waals surface area contributed by atoms with Crippen molar-refractivity contribution in [2.45, 2.75) is 32.7 Å². The summed E-state index contributed by atoms with van der Waals surface area (Å²) in [6.07, 6.45) is 0.614. The second-order valence-corrected chi connectivity index (χ2v) is 7.36. The van der Waals surface area contributed by atoms with Gasteiger partial charge in [0.05, 0.1) is 17.4 Å². The van der Waals surface area contributed by atoms with Crippen molar-refractivity contribution >= 4 is 21.7 Å². The summed E-state index contributed by atoms with van der Waals surface area (Å²) in [6.45, 7) is 3.73. The van der Waals surface area contributed by atoms with Crippen molar-refractivity contribution in [3.05, 3.63) is 0 Å². The minimum atomic E-state index is -3.13. The standard InChI is InChI=1S/C11H19NO5S/c1-7(2)5-9(11(14)15)12-10(13)8-3-4-18(16,17)6-8/h7-9H,3-6H2,1-2H3,(H,12,13)(H,14,15). The molecule has 0 bridgehead atoms. The van der Waals surface area contributed by atoms with Gasteiger partial charge in [-0.1, -0.05) is 13.8 Å². The summed E-state index contributed by atoms with van der Waals surface area (Å²) in [7, 11) is -3.13. The Labute approximate surface area is 107 Å². The van der Waals surface area contributed by atoms with Gasteiger partial charge >= 0.3 is 5.97 Å². The lowest BCUT2D eigenvalue weighted by Gasteiger charge is -2.18. The summed E-state index contributed by atoms with van der Waals surface area (Å²) < 4.78 is 22.5. The molecule has 1 rings (SSSR count). The number of aliphatic carboxylic acids is 1. The summed E-state index contributed by atoms with van der Waals surface area (Å²) in [5.74, 6) is -2.19. The average Bonchev–Trinajstić information content (AvgIpc) is 2.57. The molecule has 6 nitrogen and oxygen atoms in total. The van der Waals surface area contributed by atoms with E-state index in [0.717, 1.165) is 0 Å². The first kappa shape index (κ1) is 14.9. The molecule has 0 aromatic carbocycles. The molecule has 2 atom stereocenters. The maximum atomic E-state index is 11.8. The number of rotatable bonds is 5. The van der Waals surface area contributed by atoms with E-state index in [1.54, 1.807) is 0 Å². The molecular formula is C11H19NO5S. The summed E-state index contributed by atoms with van der Waals surface area (Å²) in [6, 6.07) is -0.944. The molecule has 1 fully saturated rings. The molecule has 104 valence electrons. The number of carboxylic acid groups (broad SMARTS) is 1. The topological polar surface area (TPSA) is 101 Å². The van der Waals surface area contributed by atoms with E-state index >= 15 is 0 Å². The van der Waals surface area contributed by atoms with Crippen LogP contribution in [0.25, 0.3) is 0 Å². The second-order valence-electron chi connectivity index (χ2n) is 5.13. The van der Waals surface area contributed by atoms with Crippen molar-refractivity contribution < 1.29 is 23.1 Å². The zero-order chi connectivity index (χ0) is 13.9. The Hall–Kier alpha value is -1.11. The van der Waals surface area contributed by atoms with Gasteiger partial charge < -0.3 is 10.4 Å². The van der Waals surface area contributed by atoms with Gasteiger partial charge in [0.15, 0.2) is 9.84 Å². The van der Waals surface area contributed by atoms with E-state index in [4.69, 9.17) is 5.11 Å². The quantitative estimate of drug-likeness (QED) is 0.738. The molecule has 2 unspecified atom stereocenters. The minimum Gasteiger partial charge on any atom is -0.480 e. The lowest BCUT2D eigenvalue weighted by atomic mass is 10.0. The average molecular weight is 277 g/mol. The van der Waals surface area contributed by atoms with Crippen molar-refractivity contribution in [3.63, 3.8) is 0 Å². The summed E-state index contributed by atoms with van der Waals surface area (Å²) in [5.41, 5.74) is 0. The molecule has 1 saturated heterocycles. The van der Waals surface area contributed by atoms with Gasteiger partial charge in [0.25, 0.3) is 0 Å². The molecule has 0 saturated carbocycles. The van der Waals surface area contributed by atoms with E-state index in [-0.39, 0.29) is 23.8 Å². The fraction of sp³-hybridized carbons (Fsp3) is 0.818. The molecule has 0 aromatic rings. The molecule has 0 radical (unpaired) electrons. The first-order valence-electron chi connectivity index (χ1n) is 5.95. The Morgan fingerprint density at radius 2 is 2.00 bits per heavy atom. The van der Waals surface area contributed by atoms with Crippen LogP contribution in [0.5, 0.6) is 0 Å². The van der Waals surface area contributed by atoms with Crippen molar-refractivity contribution in [1.29, 1.82) is 0 Å². The van der Waals surface area contributed by atoms with Gasteiger partial charge in [0, 0.05) is 0 Å². The Morgan fingerprint density at radius 3 is 2.39 bits per heavy atom. The smallest absolute Gasteiger partial charge is 0.326 e. The van der Waals surface area contributed by atoms with Crippen LogP contribution in [0.4, 0.5) is 0 Å². The Bertz CT molecular complexity index is 429. The normalized spacial score (nSPS) is 23.8. The van der Waals surface area contributed by atoms with E-state index in [1.807, 2.05) is 13.8 Å². The van der Waals surface area contributed by atoms with Gasteiger partial charge in [-0.25, -0.2) is 13.2 Å². The summed E-state index contributed by atoms with van der Waals surface area (Å²) in [5, 5.41) is 11.4. The maximum absolute atomic E-state index is 11.8. The van der Waals surface area contributed by atoms with Crippen LogP contribution in [-0.2, 0) is 19.4 Å². The van der Waals surface area contributed by atoms with Crippen molar-refractivity contribution in [3.8, 4) is 0 Å². The highest BCUT2D eigenvalue weighted by Gasteiger charge is 2.34. The maximum Gasteiger partial charge on any atom is 0.326 e. The highest BCUT2D eigenvalue weighted by molar-refractivity contribution is 7.91. The van der Waals surface area contributed by atoms with Gasteiger partial charge in [0.2, 0.25) is 5.91 Å². The van der Waals surface area contributed by atoms with Crippen molar-refractivity contribution in [1.82, 2.24) is 5.32 Å². The molecule has 1 aliphatic heterocycles. The van der Waals surface area contributed by atoms with Crippen LogP contribution >= 0.6 is 0 Å². The van der Waals surface area contributed by atoms with E-state index in [9.17, 15) is 18.0 Å². The van der Waals surface area contributed by atoms with E-state index in [2.05, 4.69) is 5.32 Å². The number of nitrogens with one attached hydrogen (secondary N) is 1. The summed E-state index contributed by atoms with van der Waals surface area (Å²) in [4.78, 5) is 22.8. The largest absolute Gasteiger partial charge is 0.480 e. The van der Waals surface area contributed by atoms with Crippen LogP contribution < -0.4 is 5.32 Å². The van der Waals surface area contributed by atoms with Gasteiger partial charge in [0.1, 0.15) is 6.04 Å². The number of carboxylic acids is 1. The zero-order valence-electron chi connectivity index (χ0n) is 10.5. The molecule has 0 aromatic heterocycles. The zero-order valence-corrected chi connectivity index (χ0v) is 11.4. The number of carbonyl (C=O) groups is 2. The van der Waals surface area contributed by atoms with Crippen LogP contribution in [0.1, 0.15) is 26.7 Å². The molecule has 0 aliphatic carbocycles. The van der Waals surface area contributed by atoms with E-state index < -0.39 is 33.7 Å². The minimum absolute atomic E-state index is 0.00695. The van der Waals surface area contributed by atoms with Gasteiger partial charge in [-0.15, -0.1) is 0 Å². The SMILES string of the molecule is CC(C)CC(NC(=O)C1CCS(=O)(=O)C1)C(=O)O. The van der Waals surface area contributed by atoms with Crippen LogP contribution in [0.15, 0.2) is 0 Å². The monoisotopic (exact) mass is 277 g/mol. The molecular weight excluding hydrogens is 258 g/mol. The fourth-order valence-electron chi connectivity index (χ4n) is 1.98. The third-order valence-corrected chi connectivity index (χ3v) is 4.69. The Kier molecular flexibility index (Phi) is 4.72. The number of amides is 1. The first-order chi connectivity index (χ1) is 8.21. The number of sulfone groups is 1. The molecule has 1 aliphatic rings. The highest BCUT2D eigenvalue weighted by Crippen LogP contribution is 2.19. The molecule has 1 heterocycles. The number of hydrogen-bond donors (Lipinski definition) is 2. The predicted octanol–water partition coefficient (Wildman–Crippen LogP) is 0.0366. The second kappa shape index (κ2) is 5.69. The van der Waals surface area contributed by atoms with E-state index in [1.165, 1.54) is 0 Å². The van der Waals surface area contributed by atoms with E-state index in [0.29, 0.717) is 6.42 Å². The van der Waals surface area contributed by atoms with Crippen molar-refractivity contribution in [2.24, 2.45) is 11.8 Å². The lowest BCUT2D eigenvalue weighted by molar-refractivity contribution is -0.142. The molecule has 7 heteroatoms. The molecule has 2 N–H and O–H groups in total. The fourth-order valence-corrected chi connectivity index (χ4v) is 3.73. The highest BCUT2D eigenvalue weighted by atomic mass is 32.2. The lowest BCUT2D eigenvalue weighted by Crippen LogP contribution is -2.44.